The van der Waals surface area contributed by atoms with E-state index in [1.165, 1.54) is 25.8 Å². The van der Waals surface area contributed by atoms with Crippen molar-refractivity contribution in [1.29, 1.82) is 0 Å². The van der Waals surface area contributed by atoms with E-state index < -0.39 is 0 Å². The molecular weight excluding hydrogens is 212 g/mol. The van der Waals surface area contributed by atoms with E-state index in [2.05, 4.69) is 44.8 Å². The average molecular weight is 240 g/mol. The van der Waals surface area contributed by atoms with Crippen molar-refractivity contribution in [3.05, 3.63) is 0 Å². The number of hydrogen-bond donors (Lipinski definition) is 1. The molecule has 0 bridgehead atoms. The molecular formula is C14H28N2O. The van der Waals surface area contributed by atoms with Gasteiger partial charge in [-0.05, 0) is 54.0 Å². The zero-order valence-corrected chi connectivity index (χ0v) is 12.0. The maximum absolute atomic E-state index is 6.12. The van der Waals surface area contributed by atoms with Crippen LogP contribution in [0.2, 0.25) is 0 Å². The fraction of sp³-hybridized carbons (Fsp3) is 1.00. The van der Waals surface area contributed by atoms with Crippen LogP contribution in [0.25, 0.3) is 0 Å². The van der Waals surface area contributed by atoms with Crippen LogP contribution in [0.5, 0.6) is 0 Å². The molecule has 0 radical (unpaired) electrons. The average Bonchev–Trinajstić information content (AvgIpc) is 2.54. The molecule has 0 aliphatic carbocycles. The zero-order chi connectivity index (χ0) is 12.7. The monoisotopic (exact) mass is 240 g/mol. The number of likely N-dealkylation sites (tertiary alicyclic amines) is 1. The van der Waals surface area contributed by atoms with Gasteiger partial charge in [-0.25, -0.2) is 0 Å². The van der Waals surface area contributed by atoms with Crippen LogP contribution in [0.1, 0.15) is 53.9 Å². The highest BCUT2D eigenvalue weighted by atomic mass is 16.5. The van der Waals surface area contributed by atoms with Crippen LogP contribution >= 0.6 is 0 Å². The first-order chi connectivity index (χ1) is 7.84. The lowest BCUT2D eigenvalue weighted by atomic mass is 9.91. The van der Waals surface area contributed by atoms with Gasteiger partial charge in [-0.15, -0.1) is 0 Å². The molecule has 0 aromatic rings. The van der Waals surface area contributed by atoms with Crippen molar-refractivity contribution >= 4 is 0 Å². The lowest BCUT2D eigenvalue weighted by Crippen LogP contribution is -2.62. The van der Waals surface area contributed by atoms with Gasteiger partial charge in [0, 0.05) is 11.6 Å². The molecule has 2 rings (SSSR count). The lowest BCUT2D eigenvalue weighted by Gasteiger charge is -2.46. The molecule has 1 N–H and O–H groups in total. The quantitative estimate of drug-likeness (QED) is 0.802. The molecule has 2 atom stereocenters. The molecule has 0 amide bonds. The fourth-order valence-electron chi connectivity index (χ4n) is 3.42. The van der Waals surface area contributed by atoms with E-state index >= 15 is 0 Å². The predicted molar refractivity (Wildman–Crippen MR) is 71.1 cm³/mol. The number of rotatable bonds is 2. The van der Waals surface area contributed by atoms with Gasteiger partial charge in [0.05, 0.1) is 12.6 Å². The molecule has 17 heavy (non-hydrogen) atoms. The summed E-state index contributed by atoms with van der Waals surface area (Å²) in [5, 5.41) is 3.70. The number of piperidine rings is 1. The maximum atomic E-state index is 6.12. The predicted octanol–water partition coefficient (Wildman–Crippen LogP) is 2.36. The van der Waals surface area contributed by atoms with Crippen molar-refractivity contribution in [2.24, 2.45) is 0 Å². The molecule has 2 unspecified atom stereocenters. The summed E-state index contributed by atoms with van der Waals surface area (Å²) in [6.07, 6.45) is 3.90. The second-order valence-electron chi connectivity index (χ2n) is 6.75. The van der Waals surface area contributed by atoms with Crippen molar-refractivity contribution < 1.29 is 4.74 Å². The molecule has 2 saturated heterocycles. The number of nitrogens with zero attached hydrogens (tertiary/aromatic N) is 1. The van der Waals surface area contributed by atoms with E-state index in [-0.39, 0.29) is 11.3 Å². The first-order valence-corrected chi connectivity index (χ1v) is 7.03. The second kappa shape index (κ2) is 4.52. The normalized spacial score (nSPS) is 38.8. The molecule has 2 heterocycles. The third kappa shape index (κ3) is 2.67. The summed E-state index contributed by atoms with van der Waals surface area (Å²) >= 11 is 0. The summed E-state index contributed by atoms with van der Waals surface area (Å²) < 4.78 is 6.12. The third-order valence-corrected chi connectivity index (χ3v) is 4.16. The summed E-state index contributed by atoms with van der Waals surface area (Å²) in [5.41, 5.74) is -0.0664. The zero-order valence-electron chi connectivity index (χ0n) is 12.0. The molecule has 0 saturated carbocycles. The SMILES string of the molecule is CC(C)N1CCCCC1C1(C)NC(C)(C)CO1. The van der Waals surface area contributed by atoms with Gasteiger partial charge >= 0.3 is 0 Å². The molecule has 2 aliphatic heterocycles. The van der Waals surface area contributed by atoms with Gasteiger partial charge < -0.3 is 4.74 Å². The van der Waals surface area contributed by atoms with Crippen LogP contribution < -0.4 is 5.32 Å². The molecule has 3 nitrogen and oxygen atoms in total. The van der Waals surface area contributed by atoms with Crippen LogP contribution in [-0.4, -0.2) is 41.4 Å². The third-order valence-electron chi connectivity index (χ3n) is 4.16. The second-order valence-corrected chi connectivity index (χ2v) is 6.75. The minimum Gasteiger partial charge on any atom is -0.357 e. The number of nitrogens with one attached hydrogen (secondary N) is 1. The summed E-state index contributed by atoms with van der Waals surface area (Å²) in [4.78, 5) is 2.61. The first kappa shape index (κ1) is 13.3. The van der Waals surface area contributed by atoms with Crippen molar-refractivity contribution in [1.82, 2.24) is 10.2 Å². The van der Waals surface area contributed by atoms with Crippen LogP contribution in [0.4, 0.5) is 0 Å². The standard InChI is InChI=1S/C14H28N2O/c1-11(2)16-9-7-6-8-12(16)14(5)15-13(3,4)10-17-14/h11-12,15H,6-10H2,1-5H3. The Morgan fingerprint density at radius 2 is 1.94 bits per heavy atom. The topological polar surface area (TPSA) is 24.5 Å². The van der Waals surface area contributed by atoms with Gasteiger partial charge in [0.2, 0.25) is 0 Å². The van der Waals surface area contributed by atoms with E-state index in [1.54, 1.807) is 0 Å². The lowest BCUT2D eigenvalue weighted by molar-refractivity contribution is -0.0865. The van der Waals surface area contributed by atoms with Crippen molar-refractivity contribution in [2.75, 3.05) is 13.2 Å². The summed E-state index contributed by atoms with van der Waals surface area (Å²) in [5.74, 6) is 0. The van der Waals surface area contributed by atoms with Gasteiger partial charge in [0.1, 0.15) is 5.72 Å². The highest BCUT2D eigenvalue weighted by Gasteiger charge is 2.48. The Labute approximate surface area is 106 Å². The van der Waals surface area contributed by atoms with E-state index in [0.29, 0.717) is 12.1 Å². The Bertz CT molecular complexity index is 277. The van der Waals surface area contributed by atoms with Gasteiger partial charge in [0.15, 0.2) is 0 Å². The van der Waals surface area contributed by atoms with Crippen LogP contribution in [0.3, 0.4) is 0 Å². The minimum atomic E-state index is -0.172. The molecule has 100 valence electrons. The highest BCUT2D eigenvalue weighted by molar-refractivity contribution is 5.01. The van der Waals surface area contributed by atoms with Crippen molar-refractivity contribution in [3.63, 3.8) is 0 Å². The molecule has 3 heteroatoms. The Morgan fingerprint density at radius 3 is 2.47 bits per heavy atom. The van der Waals surface area contributed by atoms with Crippen LogP contribution in [0.15, 0.2) is 0 Å². The Hall–Kier alpha value is -0.120. The van der Waals surface area contributed by atoms with Crippen molar-refractivity contribution in [3.8, 4) is 0 Å². The minimum absolute atomic E-state index is 0.106. The molecule has 2 fully saturated rings. The van der Waals surface area contributed by atoms with E-state index in [0.717, 1.165) is 6.61 Å². The molecule has 0 aromatic heterocycles. The van der Waals surface area contributed by atoms with Gasteiger partial charge in [0.25, 0.3) is 0 Å². The Morgan fingerprint density at radius 1 is 1.24 bits per heavy atom. The number of hydrogen-bond acceptors (Lipinski definition) is 3. The molecule has 2 aliphatic rings. The first-order valence-electron chi connectivity index (χ1n) is 7.03. The van der Waals surface area contributed by atoms with Crippen LogP contribution in [-0.2, 0) is 4.74 Å². The molecule has 0 spiro atoms. The highest BCUT2D eigenvalue weighted by Crippen LogP contribution is 2.34. The van der Waals surface area contributed by atoms with Gasteiger partial charge in [-0.2, -0.15) is 0 Å². The number of ether oxygens (including phenoxy) is 1. The summed E-state index contributed by atoms with van der Waals surface area (Å²) in [6, 6.07) is 1.12. The van der Waals surface area contributed by atoms with Gasteiger partial charge in [-0.3, -0.25) is 10.2 Å². The maximum Gasteiger partial charge on any atom is 0.132 e. The largest absolute Gasteiger partial charge is 0.357 e. The fourth-order valence-corrected chi connectivity index (χ4v) is 3.42. The van der Waals surface area contributed by atoms with Crippen LogP contribution in [0, 0.1) is 0 Å². The van der Waals surface area contributed by atoms with E-state index in [4.69, 9.17) is 4.74 Å². The summed E-state index contributed by atoms with van der Waals surface area (Å²) in [6.45, 7) is 13.3. The van der Waals surface area contributed by atoms with Crippen molar-refractivity contribution in [2.45, 2.75) is 77.2 Å². The van der Waals surface area contributed by atoms with E-state index in [9.17, 15) is 0 Å². The Kier molecular flexibility index (Phi) is 3.54. The molecule has 0 aromatic carbocycles. The Balaban J connectivity index is 2.14. The van der Waals surface area contributed by atoms with E-state index in [1.807, 2.05) is 0 Å². The summed E-state index contributed by atoms with van der Waals surface area (Å²) in [7, 11) is 0. The smallest absolute Gasteiger partial charge is 0.132 e. The van der Waals surface area contributed by atoms with Gasteiger partial charge in [-0.1, -0.05) is 6.42 Å².